The molecule has 0 spiro atoms. The normalized spacial score (nSPS) is 12.7. The van der Waals surface area contributed by atoms with E-state index in [0.29, 0.717) is 22.6 Å². The van der Waals surface area contributed by atoms with Crippen LogP contribution in [0.2, 0.25) is 0 Å². The molecule has 4 rings (SSSR count). The van der Waals surface area contributed by atoms with Gasteiger partial charge in [-0.05, 0) is 62.1 Å². The lowest BCUT2D eigenvalue weighted by Gasteiger charge is -2.10. The van der Waals surface area contributed by atoms with E-state index in [1.54, 1.807) is 72.8 Å². The molecule has 0 atom stereocenters. The van der Waals surface area contributed by atoms with Crippen LogP contribution in [-0.4, -0.2) is 28.3 Å². The van der Waals surface area contributed by atoms with Crippen molar-refractivity contribution in [3.05, 3.63) is 131 Å². The molecular formula is C30H28N2O6S2. The average molecular weight is 577 g/mol. The Hall–Kier alpha value is -4.28. The van der Waals surface area contributed by atoms with Gasteiger partial charge in [-0.25, -0.2) is 0 Å². The number of benzene rings is 4. The maximum absolute atomic E-state index is 12.8. The Morgan fingerprint density at radius 3 is 1.18 bits per heavy atom. The lowest BCUT2D eigenvalue weighted by atomic mass is 10.0. The highest BCUT2D eigenvalue weighted by molar-refractivity contribution is 7.87. The third-order valence-corrected chi connectivity index (χ3v) is 8.16. The van der Waals surface area contributed by atoms with Crippen LogP contribution in [0.15, 0.2) is 129 Å². The molecule has 0 aliphatic rings. The molecule has 0 heterocycles. The number of oxime groups is 2. The molecule has 40 heavy (non-hydrogen) atoms. The lowest BCUT2D eigenvalue weighted by Crippen LogP contribution is -2.12. The first kappa shape index (κ1) is 28.7. The van der Waals surface area contributed by atoms with Crippen LogP contribution in [0.3, 0.4) is 0 Å². The van der Waals surface area contributed by atoms with Crippen molar-refractivity contribution < 1.29 is 25.4 Å². The van der Waals surface area contributed by atoms with E-state index in [2.05, 4.69) is 10.3 Å². The highest BCUT2D eigenvalue weighted by Gasteiger charge is 2.19. The van der Waals surface area contributed by atoms with Gasteiger partial charge < -0.3 is 0 Å². The Morgan fingerprint density at radius 2 is 0.850 bits per heavy atom. The Balaban J connectivity index is 1.61. The van der Waals surface area contributed by atoms with Crippen molar-refractivity contribution in [2.24, 2.45) is 10.3 Å². The molecule has 0 radical (unpaired) electrons. The number of hydrogen-bond acceptors (Lipinski definition) is 8. The summed E-state index contributed by atoms with van der Waals surface area (Å²) in [7, 11) is -8.31. The minimum atomic E-state index is -4.16. The highest BCUT2D eigenvalue weighted by atomic mass is 32.2. The van der Waals surface area contributed by atoms with Gasteiger partial charge in [-0.3, -0.25) is 8.57 Å². The molecule has 0 aromatic heterocycles. The predicted molar refractivity (Wildman–Crippen MR) is 154 cm³/mol. The minimum absolute atomic E-state index is 0.0180. The van der Waals surface area contributed by atoms with Crippen LogP contribution in [0.25, 0.3) is 0 Å². The first-order valence-electron chi connectivity index (χ1n) is 12.4. The summed E-state index contributed by atoms with van der Waals surface area (Å²) in [5, 5.41) is 8.02. The standard InChI is InChI=1S/C30H28N2O6S2/c1-23-13-17-27(18-14-23)39(33,34)37-31-29(25-9-5-3-6-10-25)21-22-30(26-11-7-4-8-12-26)32-38-40(35,36)28-19-15-24(2)16-20-28/h3-20H,21-22H2,1-2H3. The Bertz CT molecular complexity index is 1570. The topological polar surface area (TPSA) is 111 Å². The third-order valence-electron chi connectivity index (χ3n) is 5.92. The summed E-state index contributed by atoms with van der Waals surface area (Å²) in [6, 6.07) is 30.4. The molecule has 0 aliphatic heterocycles. The summed E-state index contributed by atoms with van der Waals surface area (Å²) >= 11 is 0. The van der Waals surface area contributed by atoms with Gasteiger partial charge in [0.05, 0.1) is 11.4 Å². The first-order chi connectivity index (χ1) is 19.1. The molecule has 0 fully saturated rings. The van der Waals surface area contributed by atoms with Crippen molar-refractivity contribution in [3.8, 4) is 0 Å². The summed E-state index contributed by atoms with van der Waals surface area (Å²) in [6.45, 7) is 3.70. The Kier molecular flexibility index (Phi) is 9.13. The van der Waals surface area contributed by atoms with E-state index >= 15 is 0 Å². The molecule has 4 aromatic carbocycles. The van der Waals surface area contributed by atoms with Crippen LogP contribution in [0, 0.1) is 13.8 Å². The molecule has 0 saturated carbocycles. The van der Waals surface area contributed by atoms with Crippen LogP contribution in [-0.2, 0) is 28.8 Å². The second kappa shape index (κ2) is 12.7. The van der Waals surface area contributed by atoms with Crippen molar-refractivity contribution in [2.45, 2.75) is 36.5 Å². The fourth-order valence-corrected chi connectivity index (χ4v) is 5.15. The zero-order valence-corrected chi connectivity index (χ0v) is 23.6. The molecule has 10 heteroatoms. The van der Waals surface area contributed by atoms with Crippen LogP contribution in [0.1, 0.15) is 35.1 Å². The van der Waals surface area contributed by atoms with E-state index in [1.165, 1.54) is 24.3 Å². The number of aryl methyl sites for hydroxylation is 2. The molecule has 8 nitrogen and oxygen atoms in total. The minimum Gasteiger partial charge on any atom is -0.264 e. The predicted octanol–water partition coefficient (Wildman–Crippen LogP) is 6.00. The number of hydrogen-bond donors (Lipinski definition) is 0. The Morgan fingerprint density at radius 1 is 0.525 bits per heavy atom. The largest absolute Gasteiger partial charge is 0.358 e. The molecule has 0 bridgehead atoms. The summed E-state index contributed by atoms with van der Waals surface area (Å²) in [6.07, 6.45) is 0.351. The van der Waals surface area contributed by atoms with Gasteiger partial charge in [0.15, 0.2) is 0 Å². The van der Waals surface area contributed by atoms with Gasteiger partial charge in [0, 0.05) is 0 Å². The summed E-state index contributed by atoms with van der Waals surface area (Å²) < 4.78 is 61.2. The van der Waals surface area contributed by atoms with Crippen molar-refractivity contribution in [1.82, 2.24) is 0 Å². The van der Waals surface area contributed by atoms with Crippen molar-refractivity contribution in [3.63, 3.8) is 0 Å². The van der Waals surface area contributed by atoms with Crippen LogP contribution >= 0.6 is 0 Å². The highest BCUT2D eigenvalue weighted by Crippen LogP contribution is 2.18. The summed E-state index contributed by atoms with van der Waals surface area (Å²) in [4.78, 5) is -0.0361. The molecule has 0 N–H and O–H groups in total. The van der Waals surface area contributed by atoms with Gasteiger partial charge in [-0.1, -0.05) is 106 Å². The van der Waals surface area contributed by atoms with Gasteiger partial charge in [0.2, 0.25) is 0 Å². The van der Waals surface area contributed by atoms with E-state index in [1.807, 2.05) is 26.0 Å². The van der Waals surface area contributed by atoms with Crippen molar-refractivity contribution in [2.75, 3.05) is 0 Å². The third kappa shape index (κ3) is 7.64. The Labute approximate surface area is 234 Å². The van der Waals surface area contributed by atoms with E-state index in [4.69, 9.17) is 8.57 Å². The van der Waals surface area contributed by atoms with Crippen LogP contribution in [0.4, 0.5) is 0 Å². The van der Waals surface area contributed by atoms with E-state index in [0.717, 1.165) is 11.1 Å². The smallest absolute Gasteiger partial charge is 0.264 e. The molecule has 0 amide bonds. The zero-order chi connectivity index (χ0) is 28.6. The number of rotatable bonds is 11. The summed E-state index contributed by atoms with van der Waals surface area (Å²) in [5.41, 5.74) is 3.77. The molecule has 0 aliphatic carbocycles. The fraction of sp³-hybridized carbons (Fsp3) is 0.133. The van der Waals surface area contributed by atoms with Crippen LogP contribution < -0.4 is 0 Å². The van der Waals surface area contributed by atoms with Gasteiger partial charge in [0.1, 0.15) is 9.79 Å². The van der Waals surface area contributed by atoms with E-state index in [9.17, 15) is 16.8 Å². The molecule has 0 unspecified atom stereocenters. The SMILES string of the molecule is Cc1ccc(S(=O)(=O)ON=C(CCC(=NOS(=O)(=O)c2ccc(C)cc2)c2ccccc2)c2ccccc2)cc1. The van der Waals surface area contributed by atoms with Gasteiger partial charge in [0.25, 0.3) is 0 Å². The van der Waals surface area contributed by atoms with Crippen molar-refractivity contribution in [1.29, 1.82) is 0 Å². The van der Waals surface area contributed by atoms with Crippen molar-refractivity contribution >= 4 is 31.7 Å². The maximum atomic E-state index is 12.8. The van der Waals surface area contributed by atoms with E-state index in [-0.39, 0.29) is 22.6 Å². The average Bonchev–Trinajstić information content (AvgIpc) is 2.96. The van der Waals surface area contributed by atoms with Gasteiger partial charge >= 0.3 is 20.2 Å². The molecular weight excluding hydrogens is 548 g/mol. The fourth-order valence-electron chi connectivity index (χ4n) is 3.67. The van der Waals surface area contributed by atoms with Gasteiger partial charge in [-0.2, -0.15) is 16.8 Å². The van der Waals surface area contributed by atoms with Crippen LogP contribution in [0.5, 0.6) is 0 Å². The maximum Gasteiger partial charge on any atom is 0.358 e. The van der Waals surface area contributed by atoms with E-state index < -0.39 is 20.2 Å². The second-order valence-corrected chi connectivity index (χ2v) is 12.0. The molecule has 206 valence electrons. The summed E-state index contributed by atoms with van der Waals surface area (Å²) in [5.74, 6) is 0. The molecule has 4 aromatic rings. The first-order valence-corrected chi connectivity index (χ1v) is 15.2. The monoisotopic (exact) mass is 576 g/mol. The number of nitrogens with zero attached hydrogens (tertiary/aromatic N) is 2. The molecule has 0 saturated heterocycles. The quantitative estimate of drug-likeness (QED) is 0.160. The zero-order valence-electron chi connectivity index (χ0n) is 22.0. The second-order valence-electron chi connectivity index (χ2n) is 8.99. The van der Waals surface area contributed by atoms with Gasteiger partial charge in [-0.15, -0.1) is 0 Å². The lowest BCUT2D eigenvalue weighted by molar-refractivity contribution is 0.335.